The molecule has 6 nitrogen and oxygen atoms in total. The topological polar surface area (TPSA) is 62.5 Å². The van der Waals surface area contributed by atoms with Crippen molar-refractivity contribution in [1.82, 2.24) is 15.1 Å². The monoisotopic (exact) mass is 354 g/mol. The third-order valence-electron chi connectivity index (χ3n) is 4.99. The lowest BCUT2D eigenvalue weighted by Crippen LogP contribution is -2.45. The summed E-state index contributed by atoms with van der Waals surface area (Å²) in [5, 5.41) is 8.71. The Kier molecular flexibility index (Phi) is 4.28. The van der Waals surface area contributed by atoms with Gasteiger partial charge in [0.15, 0.2) is 5.82 Å². The summed E-state index contributed by atoms with van der Waals surface area (Å²) in [4.78, 5) is 16.8. The van der Waals surface area contributed by atoms with Gasteiger partial charge >= 0.3 is 0 Å². The summed E-state index contributed by atoms with van der Waals surface area (Å²) in [6.07, 6.45) is 4.77. The van der Waals surface area contributed by atoms with Crippen LogP contribution in [-0.2, 0) is 0 Å². The highest BCUT2D eigenvalue weighted by Gasteiger charge is 2.28. The van der Waals surface area contributed by atoms with E-state index < -0.39 is 0 Å². The van der Waals surface area contributed by atoms with E-state index in [1.807, 2.05) is 24.1 Å². The van der Waals surface area contributed by atoms with Crippen LogP contribution >= 0.6 is 0 Å². The fourth-order valence-corrected chi connectivity index (χ4v) is 3.46. The van der Waals surface area contributed by atoms with E-state index in [9.17, 15) is 9.18 Å². The number of aromatic nitrogens is 2. The molecule has 1 amide bonds. The minimum absolute atomic E-state index is 0.0732. The smallest absolute Gasteiger partial charge is 0.257 e. The lowest BCUT2D eigenvalue weighted by molar-refractivity contribution is 0.0714. The van der Waals surface area contributed by atoms with Gasteiger partial charge in [-0.15, -0.1) is 5.10 Å². The molecular weight excluding hydrogens is 335 g/mol. The van der Waals surface area contributed by atoms with Crippen molar-refractivity contribution >= 4 is 22.7 Å². The van der Waals surface area contributed by atoms with Gasteiger partial charge in [-0.1, -0.05) is 0 Å². The molecule has 1 fully saturated rings. The van der Waals surface area contributed by atoms with E-state index in [0.29, 0.717) is 35.7 Å². The van der Waals surface area contributed by atoms with Crippen LogP contribution in [0.1, 0.15) is 23.2 Å². The summed E-state index contributed by atoms with van der Waals surface area (Å²) in [5.74, 6) is 0.384. The van der Waals surface area contributed by atoms with E-state index in [2.05, 4.69) is 15.1 Å². The zero-order valence-electron chi connectivity index (χ0n) is 14.4. The predicted octanol–water partition coefficient (Wildman–Crippen LogP) is 3.10. The Balaban J connectivity index is 1.45. The van der Waals surface area contributed by atoms with Crippen molar-refractivity contribution in [3.63, 3.8) is 0 Å². The molecule has 3 aromatic rings. The van der Waals surface area contributed by atoms with Crippen LogP contribution in [0.2, 0.25) is 0 Å². The van der Waals surface area contributed by atoms with Crippen LogP contribution < -0.4 is 4.90 Å². The van der Waals surface area contributed by atoms with Crippen molar-refractivity contribution in [2.24, 2.45) is 0 Å². The summed E-state index contributed by atoms with van der Waals surface area (Å²) in [6, 6.07) is 8.35. The molecule has 0 aliphatic carbocycles. The molecule has 1 saturated heterocycles. The Morgan fingerprint density at radius 2 is 2.12 bits per heavy atom. The predicted molar refractivity (Wildman–Crippen MR) is 95.5 cm³/mol. The van der Waals surface area contributed by atoms with Gasteiger partial charge in [-0.05, 0) is 37.1 Å². The fourth-order valence-electron chi connectivity index (χ4n) is 3.46. The molecule has 0 bridgehead atoms. The first-order valence-electron chi connectivity index (χ1n) is 8.60. The molecule has 0 unspecified atom stereocenters. The first-order valence-corrected chi connectivity index (χ1v) is 8.60. The number of rotatable bonds is 3. The molecule has 0 N–H and O–H groups in total. The second-order valence-corrected chi connectivity index (χ2v) is 6.51. The maximum atomic E-state index is 13.3. The maximum Gasteiger partial charge on any atom is 0.257 e. The number of nitrogens with zero attached hydrogens (tertiary/aromatic N) is 4. The molecule has 3 heterocycles. The van der Waals surface area contributed by atoms with Gasteiger partial charge in [0.05, 0.1) is 5.56 Å². The molecule has 1 aliphatic heterocycles. The second-order valence-electron chi connectivity index (χ2n) is 6.51. The third-order valence-corrected chi connectivity index (χ3v) is 4.99. The van der Waals surface area contributed by atoms with Crippen molar-refractivity contribution < 1.29 is 13.6 Å². The number of likely N-dealkylation sites (tertiary alicyclic amines) is 1. The molecule has 1 aliphatic rings. The highest BCUT2D eigenvalue weighted by molar-refractivity contribution is 6.05. The van der Waals surface area contributed by atoms with Crippen LogP contribution in [0.4, 0.5) is 10.2 Å². The van der Waals surface area contributed by atoms with Crippen molar-refractivity contribution in [3.8, 4) is 0 Å². The number of piperidine rings is 1. The summed E-state index contributed by atoms with van der Waals surface area (Å²) < 4.78 is 18.6. The first kappa shape index (κ1) is 16.5. The average Bonchev–Trinajstić information content (AvgIpc) is 3.10. The van der Waals surface area contributed by atoms with Gasteiger partial charge in [0, 0.05) is 43.8 Å². The number of fused-ring (bicyclic) bond motifs is 1. The molecule has 1 aromatic carbocycles. The molecule has 26 heavy (non-hydrogen) atoms. The van der Waals surface area contributed by atoms with Crippen LogP contribution in [0, 0.1) is 5.82 Å². The number of amides is 1. The number of hydrogen-bond acceptors (Lipinski definition) is 5. The minimum atomic E-state index is -0.376. The molecule has 0 radical (unpaired) electrons. The number of carbonyl (C=O) groups is 1. The van der Waals surface area contributed by atoms with E-state index in [-0.39, 0.29) is 11.7 Å². The third kappa shape index (κ3) is 3.00. The molecule has 7 heteroatoms. The number of halogens is 1. The SMILES string of the molecule is CN(c1cccnn1)C1CCN(C(=O)c2coc3cc(F)ccc23)CC1. The van der Waals surface area contributed by atoms with Crippen molar-refractivity contribution in [2.45, 2.75) is 18.9 Å². The Morgan fingerprint density at radius 1 is 1.31 bits per heavy atom. The number of carbonyl (C=O) groups excluding carboxylic acids is 1. The van der Waals surface area contributed by atoms with Crippen LogP contribution in [0.15, 0.2) is 47.2 Å². The lowest BCUT2D eigenvalue weighted by Gasteiger charge is -2.37. The Hall–Kier alpha value is -2.96. The van der Waals surface area contributed by atoms with Crippen LogP contribution in [0.25, 0.3) is 11.0 Å². The van der Waals surface area contributed by atoms with Gasteiger partial charge in [0.1, 0.15) is 17.7 Å². The maximum absolute atomic E-state index is 13.3. The summed E-state index contributed by atoms with van der Waals surface area (Å²) in [7, 11) is 2.00. The zero-order chi connectivity index (χ0) is 18.1. The Morgan fingerprint density at radius 3 is 2.85 bits per heavy atom. The molecular formula is C19H19FN4O2. The van der Waals surface area contributed by atoms with Crippen molar-refractivity contribution in [3.05, 3.63) is 54.2 Å². The van der Waals surface area contributed by atoms with Crippen LogP contribution in [0.3, 0.4) is 0 Å². The van der Waals surface area contributed by atoms with Gasteiger partial charge < -0.3 is 14.2 Å². The van der Waals surface area contributed by atoms with Gasteiger partial charge in [-0.3, -0.25) is 4.79 Å². The molecule has 134 valence electrons. The van der Waals surface area contributed by atoms with E-state index in [0.717, 1.165) is 18.7 Å². The zero-order valence-corrected chi connectivity index (χ0v) is 14.4. The standard InChI is InChI=1S/C19H19FN4O2/c1-23(18-3-2-8-21-22-18)14-6-9-24(10-7-14)19(25)16-12-26-17-11-13(20)4-5-15(16)17/h2-5,8,11-12,14H,6-7,9-10H2,1H3. The highest BCUT2D eigenvalue weighted by atomic mass is 19.1. The number of benzene rings is 1. The van der Waals surface area contributed by atoms with Crippen molar-refractivity contribution in [1.29, 1.82) is 0 Å². The van der Waals surface area contributed by atoms with Crippen LogP contribution in [0.5, 0.6) is 0 Å². The second kappa shape index (κ2) is 6.74. The minimum Gasteiger partial charge on any atom is -0.463 e. The van der Waals surface area contributed by atoms with E-state index in [4.69, 9.17) is 4.42 Å². The first-order chi connectivity index (χ1) is 12.6. The number of hydrogen-bond donors (Lipinski definition) is 0. The van der Waals surface area contributed by atoms with Gasteiger partial charge in [-0.25, -0.2) is 4.39 Å². The molecule has 0 saturated carbocycles. The molecule has 4 rings (SSSR count). The van der Waals surface area contributed by atoms with Gasteiger partial charge in [0.2, 0.25) is 0 Å². The van der Waals surface area contributed by atoms with E-state index in [1.54, 1.807) is 12.3 Å². The molecule has 0 atom stereocenters. The van der Waals surface area contributed by atoms with Gasteiger partial charge in [0.25, 0.3) is 5.91 Å². The molecule has 0 spiro atoms. The molecule has 2 aromatic heterocycles. The Labute approximate surface area is 150 Å². The number of anilines is 1. The normalized spacial score (nSPS) is 15.4. The summed E-state index contributed by atoms with van der Waals surface area (Å²) in [5.41, 5.74) is 0.881. The van der Waals surface area contributed by atoms with Crippen molar-refractivity contribution in [2.75, 3.05) is 25.0 Å². The largest absolute Gasteiger partial charge is 0.463 e. The summed E-state index contributed by atoms with van der Waals surface area (Å²) >= 11 is 0. The fraction of sp³-hybridized carbons (Fsp3) is 0.316. The van der Waals surface area contributed by atoms with Crippen LogP contribution in [-0.4, -0.2) is 47.2 Å². The highest BCUT2D eigenvalue weighted by Crippen LogP contribution is 2.26. The number of furan rings is 1. The van der Waals surface area contributed by atoms with E-state index >= 15 is 0 Å². The Bertz CT molecular complexity index is 920. The quantitative estimate of drug-likeness (QED) is 0.723. The van der Waals surface area contributed by atoms with E-state index in [1.165, 1.54) is 18.4 Å². The summed E-state index contributed by atoms with van der Waals surface area (Å²) in [6.45, 7) is 1.31. The lowest BCUT2D eigenvalue weighted by atomic mass is 10.0. The van der Waals surface area contributed by atoms with Gasteiger partial charge in [-0.2, -0.15) is 5.10 Å². The average molecular weight is 354 g/mol.